The average molecular weight is 217 g/mol. The molecule has 2 atom stereocenters. The van der Waals surface area contributed by atoms with Crippen molar-refractivity contribution < 1.29 is 9.90 Å². The second-order valence-electron chi connectivity index (χ2n) is 4.31. The van der Waals surface area contributed by atoms with Crippen molar-refractivity contribution in [1.82, 2.24) is 5.32 Å². The molecule has 0 spiro atoms. The van der Waals surface area contributed by atoms with Crippen LogP contribution in [-0.2, 0) is 4.79 Å². The van der Waals surface area contributed by atoms with E-state index in [4.69, 9.17) is 0 Å². The number of rotatable bonds is 4. The van der Waals surface area contributed by atoms with Gasteiger partial charge in [0.25, 0.3) is 0 Å². The zero-order valence-corrected chi connectivity index (χ0v) is 9.86. The molecule has 82 valence electrons. The molecule has 3 nitrogen and oxygen atoms in total. The van der Waals surface area contributed by atoms with Crippen molar-refractivity contribution in [3.05, 3.63) is 0 Å². The van der Waals surface area contributed by atoms with E-state index in [1.807, 2.05) is 6.92 Å². The van der Waals surface area contributed by atoms with Crippen LogP contribution >= 0.6 is 11.8 Å². The fraction of sp³-hybridized carbons (Fsp3) is 0.900. The van der Waals surface area contributed by atoms with Gasteiger partial charge in [-0.15, -0.1) is 0 Å². The third-order valence-electron chi connectivity index (χ3n) is 2.77. The zero-order chi connectivity index (χ0) is 10.8. The van der Waals surface area contributed by atoms with Gasteiger partial charge in [0.15, 0.2) is 0 Å². The summed E-state index contributed by atoms with van der Waals surface area (Å²) < 4.78 is 0. The third kappa shape index (κ3) is 2.23. The lowest BCUT2D eigenvalue weighted by Gasteiger charge is -2.30. The predicted octanol–water partition coefficient (Wildman–Crippen LogP) is 1.58. The van der Waals surface area contributed by atoms with Gasteiger partial charge >= 0.3 is 5.97 Å². The van der Waals surface area contributed by atoms with Crippen LogP contribution in [0.3, 0.4) is 0 Å². The Kier molecular flexibility index (Phi) is 3.84. The summed E-state index contributed by atoms with van der Waals surface area (Å²) in [7, 11) is 0. The Balaban J connectivity index is 2.67. The molecule has 2 unspecified atom stereocenters. The van der Waals surface area contributed by atoms with Gasteiger partial charge < -0.3 is 10.4 Å². The van der Waals surface area contributed by atoms with Crippen LogP contribution in [0.15, 0.2) is 0 Å². The molecule has 1 heterocycles. The molecule has 0 aromatic rings. The van der Waals surface area contributed by atoms with E-state index < -0.39 is 11.5 Å². The number of carboxylic acid groups (broad SMARTS) is 1. The molecule has 0 aliphatic carbocycles. The summed E-state index contributed by atoms with van der Waals surface area (Å²) in [4.78, 5) is 11.3. The third-order valence-corrected chi connectivity index (χ3v) is 4.11. The van der Waals surface area contributed by atoms with Gasteiger partial charge in [-0.05, 0) is 24.6 Å². The lowest BCUT2D eigenvalue weighted by molar-refractivity contribution is -0.144. The van der Waals surface area contributed by atoms with E-state index in [9.17, 15) is 9.90 Å². The standard InChI is InChI=1S/C10H19NO2S/c1-7(2)6-11-10(9(12)13)4-5-14-8(10)3/h7-8,11H,4-6H2,1-3H3,(H,12,13). The molecular weight excluding hydrogens is 198 g/mol. The highest BCUT2D eigenvalue weighted by atomic mass is 32.2. The van der Waals surface area contributed by atoms with Crippen LogP contribution in [0.5, 0.6) is 0 Å². The van der Waals surface area contributed by atoms with Gasteiger partial charge in [-0.25, -0.2) is 0 Å². The van der Waals surface area contributed by atoms with E-state index in [0.29, 0.717) is 5.92 Å². The Morgan fingerprint density at radius 1 is 1.71 bits per heavy atom. The summed E-state index contributed by atoms with van der Waals surface area (Å²) in [6.07, 6.45) is 0.737. The highest BCUT2D eigenvalue weighted by Gasteiger charge is 2.47. The first kappa shape index (κ1) is 11.9. The lowest BCUT2D eigenvalue weighted by atomic mass is 9.92. The minimum atomic E-state index is -0.698. The van der Waals surface area contributed by atoms with Crippen molar-refractivity contribution in [2.45, 2.75) is 38.0 Å². The Morgan fingerprint density at radius 3 is 2.71 bits per heavy atom. The maximum atomic E-state index is 11.3. The van der Waals surface area contributed by atoms with Crippen molar-refractivity contribution in [2.75, 3.05) is 12.3 Å². The second-order valence-corrected chi connectivity index (χ2v) is 5.76. The summed E-state index contributed by atoms with van der Waals surface area (Å²) >= 11 is 1.74. The van der Waals surface area contributed by atoms with Crippen LogP contribution in [0.4, 0.5) is 0 Å². The molecule has 0 aromatic heterocycles. The van der Waals surface area contributed by atoms with Crippen LogP contribution in [-0.4, -0.2) is 34.2 Å². The quantitative estimate of drug-likeness (QED) is 0.750. The number of carbonyl (C=O) groups is 1. The van der Waals surface area contributed by atoms with Crippen molar-refractivity contribution in [2.24, 2.45) is 5.92 Å². The van der Waals surface area contributed by atoms with Crippen LogP contribution in [0.2, 0.25) is 0 Å². The van der Waals surface area contributed by atoms with Gasteiger partial charge in [0.05, 0.1) is 0 Å². The van der Waals surface area contributed by atoms with E-state index in [1.54, 1.807) is 11.8 Å². The number of nitrogens with one attached hydrogen (secondary N) is 1. The highest BCUT2D eigenvalue weighted by molar-refractivity contribution is 8.00. The van der Waals surface area contributed by atoms with Crippen molar-refractivity contribution >= 4 is 17.7 Å². The monoisotopic (exact) mass is 217 g/mol. The largest absolute Gasteiger partial charge is 0.480 e. The van der Waals surface area contributed by atoms with Gasteiger partial charge in [-0.2, -0.15) is 11.8 Å². The summed E-state index contributed by atoms with van der Waals surface area (Å²) in [6.45, 7) is 6.96. The van der Waals surface area contributed by atoms with Gasteiger partial charge in [-0.1, -0.05) is 20.8 Å². The van der Waals surface area contributed by atoms with Crippen LogP contribution in [0.1, 0.15) is 27.2 Å². The number of hydrogen-bond donors (Lipinski definition) is 2. The SMILES string of the molecule is CC(C)CNC1(C(=O)O)CCSC1C. The van der Waals surface area contributed by atoms with Crippen LogP contribution in [0.25, 0.3) is 0 Å². The summed E-state index contributed by atoms with van der Waals surface area (Å²) in [6, 6.07) is 0. The predicted molar refractivity (Wildman–Crippen MR) is 59.7 cm³/mol. The first-order valence-electron chi connectivity index (χ1n) is 5.09. The maximum absolute atomic E-state index is 11.3. The topological polar surface area (TPSA) is 49.3 Å². The first-order valence-corrected chi connectivity index (χ1v) is 6.14. The molecule has 2 N–H and O–H groups in total. The Bertz CT molecular complexity index is 220. The van der Waals surface area contributed by atoms with Gasteiger partial charge in [0.1, 0.15) is 5.54 Å². The van der Waals surface area contributed by atoms with Gasteiger partial charge in [-0.3, -0.25) is 4.79 Å². The van der Waals surface area contributed by atoms with Gasteiger partial charge in [0.2, 0.25) is 0 Å². The highest BCUT2D eigenvalue weighted by Crippen LogP contribution is 2.35. The van der Waals surface area contributed by atoms with E-state index in [-0.39, 0.29) is 5.25 Å². The molecule has 0 radical (unpaired) electrons. The van der Waals surface area contributed by atoms with Crippen molar-refractivity contribution in [3.63, 3.8) is 0 Å². The first-order chi connectivity index (χ1) is 6.49. The average Bonchev–Trinajstić information content (AvgIpc) is 2.44. The molecule has 1 fully saturated rings. The molecule has 14 heavy (non-hydrogen) atoms. The van der Waals surface area contributed by atoms with Gasteiger partial charge in [0, 0.05) is 5.25 Å². The molecule has 4 heteroatoms. The molecule has 1 aliphatic heterocycles. The smallest absolute Gasteiger partial charge is 0.325 e. The molecule has 1 saturated heterocycles. The Morgan fingerprint density at radius 2 is 2.36 bits per heavy atom. The summed E-state index contributed by atoms with van der Waals surface area (Å²) in [5, 5.41) is 12.7. The fourth-order valence-corrected chi connectivity index (χ4v) is 3.10. The zero-order valence-electron chi connectivity index (χ0n) is 9.04. The Hall–Kier alpha value is -0.220. The molecule has 0 bridgehead atoms. The van der Waals surface area contributed by atoms with Crippen molar-refractivity contribution in [1.29, 1.82) is 0 Å². The van der Waals surface area contributed by atoms with E-state index in [2.05, 4.69) is 19.2 Å². The molecule has 0 saturated carbocycles. The molecule has 0 aromatic carbocycles. The summed E-state index contributed by atoms with van der Waals surface area (Å²) in [5.41, 5.74) is -0.686. The summed E-state index contributed by atoms with van der Waals surface area (Å²) in [5.74, 6) is 0.734. The number of aliphatic carboxylic acids is 1. The lowest BCUT2D eigenvalue weighted by Crippen LogP contribution is -2.56. The van der Waals surface area contributed by atoms with Crippen LogP contribution in [0, 0.1) is 5.92 Å². The van der Waals surface area contributed by atoms with E-state index in [0.717, 1.165) is 18.7 Å². The molecular formula is C10H19NO2S. The molecule has 0 amide bonds. The normalized spacial score (nSPS) is 32.4. The molecule has 1 rings (SSSR count). The number of hydrogen-bond acceptors (Lipinski definition) is 3. The van der Waals surface area contributed by atoms with E-state index in [1.165, 1.54) is 0 Å². The molecule has 1 aliphatic rings. The Labute approximate surface area is 89.6 Å². The maximum Gasteiger partial charge on any atom is 0.325 e. The number of thioether (sulfide) groups is 1. The number of carboxylic acids is 1. The minimum Gasteiger partial charge on any atom is -0.480 e. The fourth-order valence-electron chi connectivity index (χ4n) is 1.72. The van der Waals surface area contributed by atoms with Crippen LogP contribution < -0.4 is 5.32 Å². The van der Waals surface area contributed by atoms with Crippen molar-refractivity contribution in [3.8, 4) is 0 Å². The minimum absolute atomic E-state index is 0.166. The van der Waals surface area contributed by atoms with E-state index >= 15 is 0 Å². The second kappa shape index (κ2) is 4.53.